The summed E-state index contributed by atoms with van der Waals surface area (Å²) in [6.45, 7) is 5.10. The number of hydrogen-bond donors (Lipinski definition) is 2. The highest BCUT2D eigenvalue weighted by Crippen LogP contribution is 2.25. The van der Waals surface area contributed by atoms with Crippen molar-refractivity contribution in [3.05, 3.63) is 33.8 Å². The van der Waals surface area contributed by atoms with Crippen LogP contribution in [-0.2, 0) is 10.0 Å². The van der Waals surface area contributed by atoms with Crippen molar-refractivity contribution in [2.45, 2.75) is 25.7 Å². The number of aryl methyl sites for hydroxylation is 3. The molecule has 1 amide bonds. The summed E-state index contributed by atoms with van der Waals surface area (Å²) >= 11 is 1.01. The van der Waals surface area contributed by atoms with Gasteiger partial charge >= 0.3 is 0 Å². The Labute approximate surface area is 126 Å². The number of nitrogens with two attached hydrogens (primary N) is 1. The Hall–Kier alpha value is -1.84. The van der Waals surface area contributed by atoms with Crippen LogP contribution < -0.4 is 10.5 Å². The van der Waals surface area contributed by atoms with Crippen LogP contribution in [-0.4, -0.2) is 23.9 Å². The molecule has 0 spiro atoms. The Kier molecular flexibility index (Phi) is 4.08. The zero-order chi connectivity index (χ0) is 15.8. The first-order valence-corrected chi connectivity index (χ1v) is 8.26. The van der Waals surface area contributed by atoms with Crippen LogP contribution >= 0.6 is 11.5 Å². The van der Waals surface area contributed by atoms with Crippen LogP contribution in [0.15, 0.2) is 17.0 Å². The molecule has 2 aromatic rings. The van der Waals surface area contributed by atoms with E-state index in [1.54, 1.807) is 20.8 Å². The Balaban J connectivity index is 2.38. The lowest BCUT2D eigenvalue weighted by Crippen LogP contribution is -2.16. The van der Waals surface area contributed by atoms with Gasteiger partial charge in [0, 0.05) is 5.69 Å². The third-order valence-electron chi connectivity index (χ3n) is 2.93. The van der Waals surface area contributed by atoms with Gasteiger partial charge in [0.1, 0.15) is 4.88 Å². The van der Waals surface area contributed by atoms with Crippen molar-refractivity contribution in [1.29, 1.82) is 0 Å². The first-order valence-electron chi connectivity index (χ1n) is 5.94. The van der Waals surface area contributed by atoms with E-state index in [1.807, 2.05) is 0 Å². The average molecular weight is 326 g/mol. The van der Waals surface area contributed by atoms with Crippen LogP contribution in [0.3, 0.4) is 0 Å². The van der Waals surface area contributed by atoms with Gasteiger partial charge in [-0.15, -0.1) is 5.10 Å². The summed E-state index contributed by atoms with van der Waals surface area (Å²) in [6.07, 6.45) is 0. The monoisotopic (exact) mass is 326 g/mol. The predicted molar refractivity (Wildman–Crippen MR) is 79.9 cm³/mol. The number of nitrogens with one attached hydrogen (secondary N) is 1. The largest absolute Gasteiger partial charge is 0.321 e. The van der Waals surface area contributed by atoms with Gasteiger partial charge < -0.3 is 5.32 Å². The number of benzene rings is 1. The Bertz CT molecular complexity index is 789. The molecule has 3 N–H and O–H groups in total. The number of primary sulfonamides is 1. The zero-order valence-corrected chi connectivity index (χ0v) is 13.3. The maximum Gasteiger partial charge on any atom is 0.269 e. The third-order valence-corrected chi connectivity index (χ3v) is 4.65. The van der Waals surface area contributed by atoms with E-state index in [-0.39, 0.29) is 10.8 Å². The summed E-state index contributed by atoms with van der Waals surface area (Å²) in [7, 11) is -3.77. The Morgan fingerprint density at radius 3 is 2.24 bits per heavy atom. The van der Waals surface area contributed by atoms with Crippen molar-refractivity contribution in [2.75, 3.05) is 5.32 Å². The summed E-state index contributed by atoms with van der Waals surface area (Å²) in [5.41, 5.74) is 2.33. The standard InChI is InChI=1S/C12H14N4O3S2/c1-6-4-9(21(13,18)19)5-7(2)10(6)14-12(17)11-8(3)15-16-20-11/h4-5H,1-3H3,(H,14,17)(H2,13,18,19). The Morgan fingerprint density at radius 2 is 1.81 bits per heavy atom. The molecule has 0 atom stereocenters. The maximum atomic E-state index is 12.2. The van der Waals surface area contributed by atoms with Gasteiger partial charge in [0.2, 0.25) is 10.0 Å². The third kappa shape index (κ3) is 3.26. The van der Waals surface area contributed by atoms with Crippen molar-refractivity contribution in [3.8, 4) is 0 Å². The number of rotatable bonds is 3. The lowest BCUT2D eigenvalue weighted by molar-refractivity contribution is 0.102. The normalized spacial score (nSPS) is 11.4. The molecule has 0 unspecified atom stereocenters. The minimum Gasteiger partial charge on any atom is -0.321 e. The fraction of sp³-hybridized carbons (Fsp3) is 0.250. The second-order valence-electron chi connectivity index (χ2n) is 4.62. The van der Waals surface area contributed by atoms with Crippen LogP contribution in [0.1, 0.15) is 26.5 Å². The fourth-order valence-corrected chi connectivity index (χ4v) is 3.13. The highest BCUT2D eigenvalue weighted by Gasteiger charge is 2.17. The molecule has 1 heterocycles. The SMILES string of the molecule is Cc1cc(S(N)(=O)=O)cc(C)c1NC(=O)c1snnc1C. The minimum absolute atomic E-state index is 0.0196. The smallest absolute Gasteiger partial charge is 0.269 e. The Morgan fingerprint density at radius 1 is 1.24 bits per heavy atom. The first-order chi connectivity index (χ1) is 9.70. The maximum absolute atomic E-state index is 12.2. The number of anilines is 1. The summed E-state index contributed by atoms with van der Waals surface area (Å²) in [5.74, 6) is -0.322. The first kappa shape index (κ1) is 15.5. The molecule has 112 valence electrons. The molecule has 0 aliphatic heterocycles. The van der Waals surface area contributed by atoms with Gasteiger partial charge in [0.25, 0.3) is 5.91 Å². The predicted octanol–water partition coefficient (Wildman–Crippen LogP) is 1.36. The van der Waals surface area contributed by atoms with Crippen LogP contribution in [0.4, 0.5) is 5.69 Å². The van der Waals surface area contributed by atoms with E-state index in [0.717, 1.165) is 11.5 Å². The van der Waals surface area contributed by atoms with Gasteiger partial charge in [-0.25, -0.2) is 13.6 Å². The molecule has 0 radical (unpaired) electrons. The summed E-state index contributed by atoms with van der Waals surface area (Å²) in [6, 6.07) is 2.85. The quantitative estimate of drug-likeness (QED) is 0.883. The molecular weight excluding hydrogens is 312 g/mol. The highest BCUT2D eigenvalue weighted by atomic mass is 32.2. The molecular formula is C12H14N4O3S2. The fourth-order valence-electron chi connectivity index (χ4n) is 1.90. The molecule has 0 aliphatic carbocycles. The zero-order valence-electron chi connectivity index (χ0n) is 11.7. The summed E-state index contributed by atoms with van der Waals surface area (Å²) in [5, 5.41) is 11.7. The molecule has 2 rings (SSSR count). The van der Waals surface area contributed by atoms with Crippen LogP contribution in [0, 0.1) is 20.8 Å². The van der Waals surface area contributed by atoms with E-state index in [0.29, 0.717) is 27.4 Å². The average Bonchev–Trinajstić information content (AvgIpc) is 2.78. The van der Waals surface area contributed by atoms with Crippen molar-refractivity contribution in [2.24, 2.45) is 5.14 Å². The minimum atomic E-state index is -3.77. The lowest BCUT2D eigenvalue weighted by Gasteiger charge is -2.12. The summed E-state index contributed by atoms with van der Waals surface area (Å²) < 4.78 is 26.5. The van der Waals surface area contributed by atoms with Gasteiger partial charge in [-0.1, -0.05) is 4.49 Å². The van der Waals surface area contributed by atoms with Crippen molar-refractivity contribution >= 4 is 33.2 Å². The highest BCUT2D eigenvalue weighted by molar-refractivity contribution is 7.89. The van der Waals surface area contributed by atoms with E-state index < -0.39 is 10.0 Å². The molecule has 1 aromatic heterocycles. The number of carbonyl (C=O) groups is 1. The topological polar surface area (TPSA) is 115 Å². The molecule has 0 aliphatic rings. The number of hydrogen-bond acceptors (Lipinski definition) is 6. The van der Waals surface area contributed by atoms with Crippen LogP contribution in [0.25, 0.3) is 0 Å². The van der Waals surface area contributed by atoms with Crippen molar-refractivity contribution < 1.29 is 13.2 Å². The molecule has 21 heavy (non-hydrogen) atoms. The number of amides is 1. The van der Waals surface area contributed by atoms with Gasteiger partial charge in [-0.2, -0.15) is 0 Å². The number of sulfonamides is 1. The summed E-state index contributed by atoms with van der Waals surface area (Å²) in [4.78, 5) is 12.6. The number of aromatic nitrogens is 2. The van der Waals surface area contributed by atoms with Crippen molar-refractivity contribution in [1.82, 2.24) is 9.59 Å². The molecule has 0 bridgehead atoms. The van der Waals surface area contributed by atoms with E-state index in [4.69, 9.17) is 5.14 Å². The molecule has 9 heteroatoms. The number of nitrogens with zero attached hydrogens (tertiary/aromatic N) is 2. The molecule has 0 fully saturated rings. The van der Waals surface area contributed by atoms with Gasteiger partial charge in [-0.05, 0) is 55.6 Å². The lowest BCUT2D eigenvalue weighted by atomic mass is 10.1. The van der Waals surface area contributed by atoms with E-state index in [1.165, 1.54) is 12.1 Å². The van der Waals surface area contributed by atoms with Gasteiger partial charge in [0.15, 0.2) is 0 Å². The van der Waals surface area contributed by atoms with Crippen LogP contribution in [0.2, 0.25) is 0 Å². The van der Waals surface area contributed by atoms with Crippen molar-refractivity contribution in [3.63, 3.8) is 0 Å². The molecule has 1 aromatic carbocycles. The van der Waals surface area contributed by atoms with E-state index in [9.17, 15) is 13.2 Å². The van der Waals surface area contributed by atoms with Crippen LogP contribution in [0.5, 0.6) is 0 Å². The number of carbonyl (C=O) groups excluding carboxylic acids is 1. The molecule has 7 nitrogen and oxygen atoms in total. The van der Waals surface area contributed by atoms with Gasteiger partial charge in [0.05, 0.1) is 10.6 Å². The second-order valence-corrected chi connectivity index (χ2v) is 6.93. The van der Waals surface area contributed by atoms with E-state index in [2.05, 4.69) is 14.9 Å². The van der Waals surface area contributed by atoms with Gasteiger partial charge in [-0.3, -0.25) is 4.79 Å². The molecule has 0 saturated carbocycles. The molecule has 0 saturated heterocycles. The second kappa shape index (κ2) is 5.51. The van der Waals surface area contributed by atoms with E-state index >= 15 is 0 Å².